The van der Waals surface area contributed by atoms with Crippen molar-refractivity contribution in [2.75, 3.05) is 25.4 Å². The number of nitrogens with two attached hydrogens (primary N) is 1. The Morgan fingerprint density at radius 1 is 1.19 bits per heavy atom. The van der Waals surface area contributed by atoms with E-state index in [2.05, 4.69) is 15.5 Å². The maximum Gasteiger partial charge on any atom is 0.205 e. The van der Waals surface area contributed by atoms with Crippen molar-refractivity contribution < 1.29 is 13.7 Å². The van der Waals surface area contributed by atoms with Crippen LogP contribution in [0.1, 0.15) is 5.56 Å². The molecule has 7 nitrogen and oxygen atoms in total. The van der Waals surface area contributed by atoms with E-state index >= 15 is 0 Å². The zero-order valence-electron chi connectivity index (χ0n) is 14.7. The first kappa shape index (κ1) is 18.9. The standard InChI is InChI=1S/C18H18N4O3S2/c1-24-13-7-8-14(25-2)16(9-13)27(23)15-6-4-3-5-12(15)10-20-22-18-21-17(19)11-26-18/h3-11H,19H2,1-2H3,(H,21,22). The number of hydrogen-bond donors (Lipinski definition) is 2. The van der Waals surface area contributed by atoms with Crippen LogP contribution in [0.3, 0.4) is 0 Å². The number of nitrogens with zero attached hydrogens (tertiary/aromatic N) is 2. The van der Waals surface area contributed by atoms with Gasteiger partial charge in [-0.3, -0.25) is 5.43 Å². The van der Waals surface area contributed by atoms with Crippen molar-refractivity contribution in [2.24, 2.45) is 5.10 Å². The molecule has 140 valence electrons. The summed E-state index contributed by atoms with van der Waals surface area (Å²) in [6, 6.07) is 12.5. The van der Waals surface area contributed by atoms with Crippen LogP contribution in [0.2, 0.25) is 0 Å². The van der Waals surface area contributed by atoms with Crippen molar-refractivity contribution in [3.63, 3.8) is 0 Å². The highest BCUT2D eigenvalue weighted by Crippen LogP contribution is 2.31. The molecule has 3 rings (SSSR count). The molecule has 0 amide bonds. The van der Waals surface area contributed by atoms with Gasteiger partial charge >= 0.3 is 0 Å². The number of ether oxygens (including phenoxy) is 2. The van der Waals surface area contributed by atoms with Crippen molar-refractivity contribution in [1.82, 2.24) is 4.98 Å². The number of nitrogen functional groups attached to an aromatic ring is 1. The van der Waals surface area contributed by atoms with Gasteiger partial charge in [0.15, 0.2) is 0 Å². The summed E-state index contributed by atoms with van der Waals surface area (Å²) >= 11 is 1.35. The third-order valence-electron chi connectivity index (χ3n) is 3.58. The molecule has 1 heterocycles. The van der Waals surface area contributed by atoms with E-state index in [1.165, 1.54) is 11.3 Å². The zero-order chi connectivity index (χ0) is 19.2. The summed E-state index contributed by atoms with van der Waals surface area (Å²) in [4.78, 5) is 5.20. The Hall–Kier alpha value is -2.91. The van der Waals surface area contributed by atoms with Gasteiger partial charge in [0.05, 0.1) is 41.0 Å². The molecule has 0 bridgehead atoms. The minimum Gasteiger partial charge on any atom is -0.497 e. The van der Waals surface area contributed by atoms with Gasteiger partial charge in [-0.1, -0.05) is 18.2 Å². The maximum atomic E-state index is 13.2. The Labute approximate surface area is 163 Å². The molecule has 9 heteroatoms. The third kappa shape index (κ3) is 4.44. The number of benzene rings is 2. The van der Waals surface area contributed by atoms with Crippen LogP contribution in [0, 0.1) is 0 Å². The minimum absolute atomic E-state index is 0.435. The first-order valence-corrected chi connectivity index (χ1v) is 9.88. The summed E-state index contributed by atoms with van der Waals surface area (Å²) in [7, 11) is 1.62. The second kappa shape index (κ2) is 8.65. The van der Waals surface area contributed by atoms with E-state index in [1.54, 1.807) is 50.1 Å². The van der Waals surface area contributed by atoms with Gasteiger partial charge in [-0.2, -0.15) is 5.10 Å². The predicted octanol–water partition coefficient (Wildman–Crippen LogP) is 3.36. The summed E-state index contributed by atoms with van der Waals surface area (Å²) in [5, 5.41) is 6.46. The van der Waals surface area contributed by atoms with Crippen LogP contribution >= 0.6 is 11.3 Å². The quantitative estimate of drug-likeness (QED) is 0.464. The largest absolute Gasteiger partial charge is 0.497 e. The van der Waals surface area contributed by atoms with Gasteiger partial charge < -0.3 is 15.2 Å². The van der Waals surface area contributed by atoms with Crippen molar-refractivity contribution in [1.29, 1.82) is 0 Å². The molecule has 0 saturated heterocycles. The van der Waals surface area contributed by atoms with Crippen LogP contribution in [-0.4, -0.2) is 29.6 Å². The third-order valence-corrected chi connectivity index (χ3v) is 5.83. The van der Waals surface area contributed by atoms with Gasteiger partial charge in [0.25, 0.3) is 0 Å². The number of rotatable bonds is 7. The normalized spacial score (nSPS) is 12.1. The number of hydrazone groups is 1. The average Bonchev–Trinajstić information content (AvgIpc) is 3.12. The molecule has 0 fully saturated rings. The molecule has 0 radical (unpaired) electrons. The highest BCUT2D eigenvalue weighted by atomic mass is 32.2. The lowest BCUT2D eigenvalue weighted by Crippen LogP contribution is -2.02. The van der Waals surface area contributed by atoms with Crippen LogP contribution in [0.15, 0.2) is 62.7 Å². The van der Waals surface area contributed by atoms with Gasteiger partial charge in [-0.15, -0.1) is 11.3 Å². The van der Waals surface area contributed by atoms with Crippen molar-refractivity contribution in [3.8, 4) is 11.5 Å². The van der Waals surface area contributed by atoms with Crippen molar-refractivity contribution in [2.45, 2.75) is 9.79 Å². The number of thiazole rings is 1. The predicted molar refractivity (Wildman–Crippen MR) is 108 cm³/mol. The Bertz CT molecular complexity index is 988. The average molecular weight is 403 g/mol. The molecule has 0 aliphatic heterocycles. The Morgan fingerprint density at radius 2 is 2.00 bits per heavy atom. The molecule has 1 aromatic heterocycles. The molecular formula is C18H18N4O3S2. The van der Waals surface area contributed by atoms with Crippen LogP contribution < -0.4 is 20.6 Å². The van der Waals surface area contributed by atoms with Crippen LogP contribution in [0.25, 0.3) is 0 Å². The fourth-order valence-corrected chi connectivity index (χ4v) is 4.18. The molecule has 1 atom stereocenters. The van der Waals surface area contributed by atoms with E-state index in [0.717, 1.165) is 0 Å². The number of anilines is 2. The zero-order valence-corrected chi connectivity index (χ0v) is 16.3. The lowest BCUT2D eigenvalue weighted by molar-refractivity contribution is 0.393. The maximum absolute atomic E-state index is 13.2. The van der Waals surface area contributed by atoms with E-state index in [1.807, 2.05) is 18.2 Å². The highest BCUT2D eigenvalue weighted by Gasteiger charge is 2.16. The van der Waals surface area contributed by atoms with Gasteiger partial charge in [0.2, 0.25) is 5.13 Å². The molecule has 0 aliphatic rings. The molecular weight excluding hydrogens is 384 g/mol. The first-order chi connectivity index (χ1) is 13.1. The highest BCUT2D eigenvalue weighted by molar-refractivity contribution is 7.85. The van der Waals surface area contributed by atoms with Gasteiger partial charge in [0.1, 0.15) is 17.3 Å². The second-order valence-corrected chi connectivity index (χ2v) is 7.55. The molecule has 2 aromatic carbocycles. The monoisotopic (exact) mass is 402 g/mol. The van der Waals surface area contributed by atoms with E-state index < -0.39 is 10.8 Å². The molecule has 27 heavy (non-hydrogen) atoms. The van der Waals surface area contributed by atoms with E-state index in [4.69, 9.17) is 15.2 Å². The molecule has 0 spiro atoms. The number of nitrogens with one attached hydrogen (secondary N) is 1. The smallest absolute Gasteiger partial charge is 0.205 e. The summed E-state index contributed by atoms with van der Waals surface area (Å²) in [6.07, 6.45) is 1.59. The minimum atomic E-state index is -1.48. The van der Waals surface area contributed by atoms with Crippen molar-refractivity contribution in [3.05, 3.63) is 53.4 Å². The van der Waals surface area contributed by atoms with E-state index in [-0.39, 0.29) is 0 Å². The fraction of sp³-hybridized carbons (Fsp3) is 0.111. The van der Waals surface area contributed by atoms with E-state index in [9.17, 15) is 4.21 Å². The van der Waals surface area contributed by atoms with Crippen LogP contribution in [0.4, 0.5) is 10.9 Å². The lowest BCUT2D eigenvalue weighted by Gasteiger charge is -2.11. The van der Waals surface area contributed by atoms with Crippen LogP contribution in [0.5, 0.6) is 11.5 Å². The number of aromatic nitrogens is 1. The summed E-state index contributed by atoms with van der Waals surface area (Å²) < 4.78 is 23.8. The number of hydrogen-bond acceptors (Lipinski definition) is 8. The first-order valence-electron chi connectivity index (χ1n) is 7.85. The molecule has 0 saturated carbocycles. The second-order valence-electron chi connectivity index (χ2n) is 5.27. The topological polar surface area (TPSA) is 98.8 Å². The van der Waals surface area contributed by atoms with E-state index in [0.29, 0.717) is 37.8 Å². The van der Waals surface area contributed by atoms with Gasteiger partial charge in [0, 0.05) is 17.0 Å². The van der Waals surface area contributed by atoms with Gasteiger partial charge in [-0.05, 0) is 18.2 Å². The van der Waals surface area contributed by atoms with Crippen molar-refractivity contribution >= 4 is 39.3 Å². The van der Waals surface area contributed by atoms with Gasteiger partial charge in [-0.25, -0.2) is 9.19 Å². The summed E-state index contributed by atoms with van der Waals surface area (Å²) in [6.45, 7) is 0. The molecule has 1 unspecified atom stereocenters. The summed E-state index contributed by atoms with van der Waals surface area (Å²) in [5.74, 6) is 1.56. The Kier molecular flexibility index (Phi) is 6.05. The molecule has 0 aliphatic carbocycles. The molecule has 3 aromatic rings. The number of methoxy groups -OCH3 is 2. The summed E-state index contributed by atoms with van der Waals surface area (Å²) in [5.41, 5.74) is 9.11. The lowest BCUT2D eigenvalue weighted by atomic mass is 10.2. The molecule has 3 N–H and O–H groups in total. The Balaban J connectivity index is 1.90. The van der Waals surface area contributed by atoms with Crippen LogP contribution in [-0.2, 0) is 10.8 Å². The fourth-order valence-electron chi connectivity index (χ4n) is 2.30. The SMILES string of the molecule is COc1ccc(OC)c(S(=O)c2ccccc2C=NNc2nc(N)cs2)c1. The Morgan fingerprint density at radius 3 is 2.70 bits per heavy atom.